The van der Waals surface area contributed by atoms with Gasteiger partial charge in [-0.15, -0.1) is 0 Å². The van der Waals surface area contributed by atoms with Gasteiger partial charge in [-0.25, -0.2) is 4.98 Å². The molecule has 0 aromatic carbocycles. The van der Waals surface area contributed by atoms with Gasteiger partial charge in [0.1, 0.15) is 5.76 Å². The second-order valence-electron chi connectivity index (χ2n) is 7.77. The van der Waals surface area contributed by atoms with Crippen molar-refractivity contribution in [1.29, 1.82) is 0 Å². The number of oxazole rings is 1. The standard InChI is InChI=1S/C20H24N4O3/c1-14(2)17-16(22-13-27-17)18(25)24-10-7-20(12-24)6-9-23(19(20)26)11-15-5-3-4-8-21-15/h3-5,8,13-14H,6-7,9-12H2,1-2H3. The van der Waals surface area contributed by atoms with Crippen LogP contribution in [0.5, 0.6) is 0 Å². The quantitative estimate of drug-likeness (QED) is 0.828. The molecule has 27 heavy (non-hydrogen) atoms. The molecule has 2 aliphatic rings. The fourth-order valence-electron chi connectivity index (χ4n) is 4.13. The van der Waals surface area contributed by atoms with Crippen LogP contribution in [0.4, 0.5) is 0 Å². The molecule has 7 heteroatoms. The molecule has 2 amide bonds. The minimum absolute atomic E-state index is 0.0880. The Balaban J connectivity index is 1.46. The second kappa shape index (κ2) is 6.79. The van der Waals surface area contributed by atoms with E-state index < -0.39 is 5.41 Å². The van der Waals surface area contributed by atoms with Crippen molar-refractivity contribution < 1.29 is 14.0 Å². The first-order valence-corrected chi connectivity index (χ1v) is 9.42. The summed E-state index contributed by atoms with van der Waals surface area (Å²) in [7, 11) is 0. The summed E-state index contributed by atoms with van der Waals surface area (Å²) < 4.78 is 5.39. The summed E-state index contributed by atoms with van der Waals surface area (Å²) in [5.41, 5.74) is 0.794. The maximum atomic E-state index is 13.1. The molecule has 2 aromatic rings. The number of rotatable bonds is 4. The molecule has 1 spiro atoms. The number of hydrogen-bond acceptors (Lipinski definition) is 5. The highest BCUT2D eigenvalue weighted by Gasteiger charge is 2.52. The Morgan fingerprint density at radius 2 is 2.07 bits per heavy atom. The van der Waals surface area contributed by atoms with E-state index in [2.05, 4.69) is 9.97 Å². The Morgan fingerprint density at radius 3 is 2.81 bits per heavy atom. The molecule has 2 aliphatic heterocycles. The molecule has 0 bridgehead atoms. The highest BCUT2D eigenvalue weighted by Crippen LogP contribution is 2.41. The Morgan fingerprint density at radius 1 is 1.26 bits per heavy atom. The van der Waals surface area contributed by atoms with E-state index in [9.17, 15) is 9.59 Å². The van der Waals surface area contributed by atoms with Crippen LogP contribution < -0.4 is 0 Å². The topological polar surface area (TPSA) is 79.5 Å². The monoisotopic (exact) mass is 368 g/mol. The summed E-state index contributed by atoms with van der Waals surface area (Å²) in [6.07, 6.45) is 4.54. The largest absolute Gasteiger partial charge is 0.447 e. The maximum absolute atomic E-state index is 13.1. The number of nitrogens with zero attached hydrogens (tertiary/aromatic N) is 4. The van der Waals surface area contributed by atoms with Gasteiger partial charge in [0.15, 0.2) is 12.1 Å². The van der Waals surface area contributed by atoms with E-state index in [1.807, 2.05) is 36.9 Å². The predicted octanol–water partition coefficient (Wildman–Crippen LogP) is 2.46. The zero-order valence-electron chi connectivity index (χ0n) is 15.7. The van der Waals surface area contributed by atoms with Crippen LogP contribution in [0.2, 0.25) is 0 Å². The van der Waals surface area contributed by atoms with Crippen LogP contribution in [0.25, 0.3) is 0 Å². The fourth-order valence-corrected chi connectivity index (χ4v) is 4.13. The van der Waals surface area contributed by atoms with Crippen molar-refractivity contribution in [2.24, 2.45) is 5.41 Å². The van der Waals surface area contributed by atoms with Gasteiger partial charge in [-0.05, 0) is 25.0 Å². The summed E-state index contributed by atoms with van der Waals surface area (Å²) >= 11 is 0. The summed E-state index contributed by atoms with van der Waals surface area (Å²) in [5.74, 6) is 0.688. The molecule has 0 saturated carbocycles. The Labute approximate surface area is 158 Å². The molecule has 2 fully saturated rings. The van der Waals surface area contributed by atoms with Crippen LogP contribution in [0.3, 0.4) is 0 Å². The van der Waals surface area contributed by atoms with Gasteiger partial charge in [0, 0.05) is 31.7 Å². The smallest absolute Gasteiger partial charge is 0.276 e. The average Bonchev–Trinajstić information content (AvgIpc) is 3.38. The van der Waals surface area contributed by atoms with E-state index in [1.165, 1.54) is 6.39 Å². The molecule has 1 atom stereocenters. The van der Waals surface area contributed by atoms with E-state index >= 15 is 0 Å². The number of amides is 2. The van der Waals surface area contributed by atoms with Crippen molar-refractivity contribution in [2.45, 2.75) is 39.2 Å². The lowest BCUT2D eigenvalue weighted by Crippen LogP contribution is -2.38. The first-order valence-electron chi connectivity index (χ1n) is 9.42. The molecule has 1 unspecified atom stereocenters. The summed E-state index contributed by atoms with van der Waals surface area (Å²) in [5, 5.41) is 0. The average molecular weight is 368 g/mol. The molecule has 4 heterocycles. The van der Waals surface area contributed by atoms with Gasteiger partial charge >= 0.3 is 0 Å². The van der Waals surface area contributed by atoms with Crippen molar-refractivity contribution in [3.05, 3.63) is 47.9 Å². The molecule has 7 nitrogen and oxygen atoms in total. The van der Waals surface area contributed by atoms with E-state index in [0.29, 0.717) is 44.1 Å². The number of carbonyl (C=O) groups is 2. The summed E-state index contributed by atoms with van der Waals surface area (Å²) in [6, 6.07) is 5.73. The minimum atomic E-state index is -0.466. The molecule has 2 saturated heterocycles. The minimum Gasteiger partial charge on any atom is -0.447 e. The molecule has 4 rings (SSSR count). The lowest BCUT2D eigenvalue weighted by atomic mass is 9.85. The normalized spacial score (nSPS) is 22.4. The zero-order valence-corrected chi connectivity index (χ0v) is 15.7. The number of aromatic nitrogens is 2. The lowest BCUT2D eigenvalue weighted by Gasteiger charge is -2.23. The van der Waals surface area contributed by atoms with Gasteiger partial charge in [-0.2, -0.15) is 0 Å². The Bertz CT molecular complexity index is 848. The van der Waals surface area contributed by atoms with Gasteiger partial charge in [0.05, 0.1) is 17.7 Å². The third-order valence-corrected chi connectivity index (χ3v) is 5.64. The molecule has 0 N–H and O–H groups in total. The highest BCUT2D eigenvalue weighted by atomic mass is 16.3. The number of pyridine rings is 1. The third kappa shape index (κ3) is 3.11. The fraction of sp³-hybridized carbons (Fsp3) is 0.500. The van der Waals surface area contributed by atoms with Crippen molar-refractivity contribution >= 4 is 11.8 Å². The van der Waals surface area contributed by atoms with Crippen LogP contribution in [0, 0.1) is 5.41 Å². The van der Waals surface area contributed by atoms with Crippen LogP contribution in [-0.2, 0) is 11.3 Å². The Hall–Kier alpha value is -2.70. The first-order chi connectivity index (χ1) is 13.0. The first kappa shape index (κ1) is 17.7. The van der Waals surface area contributed by atoms with E-state index in [-0.39, 0.29) is 17.7 Å². The Kier molecular flexibility index (Phi) is 4.45. The van der Waals surface area contributed by atoms with Crippen molar-refractivity contribution in [2.75, 3.05) is 19.6 Å². The molecule has 142 valence electrons. The number of hydrogen-bond donors (Lipinski definition) is 0. The van der Waals surface area contributed by atoms with Crippen LogP contribution in [0.1, 0.15) is 54.5 Å². The van der Waals surface area contributed by atoms with Crippen molar-refractivity contribution in [3.8, 4) is 0 Å². The van der Waals surface area contributed by atoms with Gasteiger partial charge in [0.2, 0.25) is 5.91 Å². The van der Waals surface area contributed by atoms with Crippen LogP contribution in [0.15, 0.2) is 35.2 Å². The molecular weight excluding hydrogens is 344 g/mol. The maximum Gasteiger partial charge on any atom is 0.276 e. The van der Waals surface area contributed by atoms with Crippen molar-refractivity contribution in [3.63, 3.8) is 0 Å². The molecule has 0 aliphatic carbocycles. The summed E-state index contributed by atoms with van der Waals surface area (Å²) in [6.45, 7) is 6.20. The van der Waals surface area contributed by atoms with E-state index in [4.69, 9.17) is 4.42 Å². The third-order valence-electron chi connectivity index (χ3n) is 5.64. The lowest BCUT2D eigenvalue weighted by molar-refractivity contribution is -0.135. The van der Waals surface area contributed by atoms with Crippen molar-refractivity contribution in [1.82, 2.24) is 19.8 Å². The molecular formula is C20H24N4O3. The van der Waals surface area contributed by atoms with Gasteiger partial charge < -0.3 is 14.2 Å². The molecule has 2 aromatic heterocycles. The highest BCUT2D eigenvalue weighted by molar-refractivity contribution is 5.95. The van der Waals surface area contributed by atoms with Gasteiger partial charge in [-0.3, -0.25) is 14.6 Å². The van der Waals surface area contributed by atoms with Gasteiger partial charge in [-0.1, -0.05) is 19.9 Å². The number of likely N-dealkylation sites (tertiary alicyclic amines) is 2. The zero-order chi connectivity index (χ0) is 19.0. The van der Waals surface area contributed by atoms with Gasteiger partial charge in [0.25, 0.3) is 5.91 Å². The van der Waals surface area contributed by atoms with E-state index in [0.717, 1.165) is 12.1 Å². The second-order valence-corrected chi connectivity index (χ2v) is 7.77. The number of carbonyl (C=O) groups excluding carboxylic acids is 2. The van der Waals surface area contributed by atoms with E-state index in [1.54, 1.807) is 11.1 Å². The molecule has 0 radical (unpaired) electrons. The summed E-state index contributed by atoms with van der Waals surface area (Å²) in [4.78, 5) is 38.1. The SMILES string of the molecule is CC(C)c1ocnc1C(=O)N1CCC2(CCN(Cc3ccccn3)C2=O)C1. The van der Waals surface area contributed by atoms with Crippen LogP contribution >= 0.6 is 0 Å². The van der Waals surface area contributed by atoms with Crippen LogP contribution in [-0.4, -0.2) is 51.2 Å². The predicted molar refractivity (Wildman–Crippen MR) is 97.8 cm³/mol.